The SMILES string of the molecule is O=C(NCc1sccc1Br)NC1CCSCC1. The molecule has 6 heteroatoms. The van der Waals surface area contributed by atoms with Crippen molar-refractivity contribution in [1.82, 2.24) is 10.6 Å². The van der Waals surface area contributed by atoms with Crippen molar-refractivity contribution in [2.75, 3.05) is 11.5 Å². The zero-order chi connectivity index (χ0) is 12.1. The van der Waals surface area contributed by atoms with E-state index in [4.69, 9.17) is 0 Å². The van der Waals surface area contributed by atoms with Gasteiger partial charge in [-0.1, -0.05) is 0 Å². The summed E-state index contributed by atoms with van der Waals surface area (Å²) >= 11 is 7.06. The number of urea groups is 1. The Hall–Kier alpha value is -0.200. The molecule has 0 radical (unpaired) electrons. The number of rotatable bonds is 3. The van der Waals surface area contributed by atoms with Gasteiger partial charge in [-0.3, -0.25) is 0 Å². The first-order chi connectivity index (χ1) is 8.25. The van der Waals surface area contributed by atoms with Gasteiger partial charge in [-0.2, -0.15) is 11.8 Å². The van der Waals surface area contributed by atoms with Gasteiger partial charge in [0.2, 0.25) is 0 Å². The minimum atomic E-state index is -0.0535. The third-order valence-corrected chi connectivity index (χ3v) is 5.63. The van der Waals surface area contributed by atoms with Crippen molar-refractivity contribution in [3.8, 4) is 0 Å². The summed E-state index contributed by atoms with van der Waals surface area (Å²) in [6.07, 6.45) is 2.17. The number of thioether (sulfide) groups is 1. The predicted octanol–water partition coefficient (Wildman–Crippen LogP) is 3.21. The molecule has 2 amide bonds. The van der Waals surface area contributed by atoms with E-state index in [1.54, 1.807) is 11.3 Å². The molecule has 0 saturated carbocycles. The Morgan fingerprint density at radius 1 is 1.47 bits per heavy atom. The van der Waals surface area contributed by atoms with Crippen LogP contribution in [0.4, 0.5) is 4.79 Å². The molecule has 1 aliphatic rings. The molecule has 94 valence electrons. The number of halogens is 1. The second-order valence-electron chi connectivity index (χ2n) is 3.91. The number of hydrogen-bond acceptors (Lipinski definition) is 3. The molecule has 1 saturated heterocycles. The van der Waals surface area contributed by atoms with Crippen LogP contribution in [0.5, 0.6) is 0 Å². The first kappa shape index (κ1) is 13.2. The zero-order valence-electron chi connectivity index (χ0n) is 9.37. The lowest BCUT2D eigenvalue weighted by atomic mass is 10.2. The molecule has 17 heavy (non-hydrogen) atoms. The van der Waals surface area contributed by atoms with E-state index in [0.29, 0.717) is 12.6 Å². The molecule has 1 fully saturated rings. The molecule has 2 heterocycles. The molecule has 0 bridgehead atoms. The van der Waals surface area contributed by atoms with Crippen LogP contribution in [0, 0.1) is 0 Å². The van der Waals surface area contributed by atoms with Crippen LogP contribution in [-0.4, -0.2) is 23.6 Å². The molecule has 2 rings (SSSR count). The lowest BCUT2D eigenvalue weighted by molar-refractivity contribution is 0.236. The molecule has 1 aromatic heterocycles. The molecular formula is C11H15BrN2OS2. The largest absolute Gasteiger partial charge is 0.335 e. The Morgan fingerprint density at radius 2 is 2.24 bits per heavy atom. The van der Waals surface area contributed by atoms with Crippen molar-refractivity contribution < 1.29 is 4.79 Å². The van der Waals surface area contributed by atoms with Crippen LogP contribution < -0.4 is 10.6 Å². The van der Waals surface area contributed by atoms with Crippen LogP contribution in [0.25, 0.3) is 0 Å². The summed E-state index contributed by atoms with van der Waals surface area (Å²) in [5, 5.41) is 7.93. The van der Waals surface area contributed by atoms with Crippen molar-refractivity contribution in [3.63, 3.8) is 0 Å². The van der Waals surface area contributed by atoms with Crippen LogP contribution in [-0.2, 0) is 6.54 Å². The maximum atomic E-state index is 11.7. The van der Waals surface area contributed by atoms with Gasteiger partial charge in [-0.15, -0.1) is 11.3 Å². The zero-order valence-corrected chi connectivity index (χ0v) is 12.6. The van der Waals surface area contributed by atoms with Crippen molar-refractivity contribution in [1.29, 1.82) is 0 Å². The lowest BCUT2D eigenvalue weighted by Crippen LogP contribution is -2.43. The van der Waals surface area contributed by atoms with Crippen molar-refractivity contribution >= 4 is 45.1 Å². The topological polar surface area (TPSA) is 41.1 Å². The summed E-state index contributed by atoms with van der Waals surface area (Å²) in [6, 6.07) is 2.29. The first-order valence-corrected chi connectivity index (χ1v) is 8.42. The van der Waals surface area contributed by atoms with Crippen LogP contribution in [0.1, 0.15) is 17.7 Å². The molecule has 0 atom stereocenters. The molecule has 0 spiro atoms. The molecule has 1 aromatic rings. The monoisotopic (exact) mass is 334 g/mol. The molecule has 0 aromatic carbocycles. The summed E-state index contributed by atoms with van der Waals surface area (Å²) in [6.45, 7) is 0.589. The van der Waals surface area contributed by atoms with Crippen molar-refractivity contribution in [2.24, 2.45) is 0 Å². The van der Waals surface area contributed by atoms with Crippen LogP contribution in [0.2, 0.25) is 0 Å². The fourth-order valence-corrected chi connectivity index (χ4v) is 4.23. The number of carbonyl (C=O) groups is 1. The van der Waals surface area contributed by atoms with Crippen LogP contribution in [0.15, 0.2) is 15.9 Å². The summed E-state index contributed by atoms with van der Waals surface area (Å²) in [7, 11) is 0. The van der Waals surface area contributed by atoms with Gasteiger partial charge in [0.15, 0.2) is 0 Å². The molecule has 1 aliphatic heterocycles. The standard InChI is InChI=1S/C11H15BrN2OS2/c12-9-3-6-17-10(9)7-13-11(15)14-8-1-4-16-5-2-8/h3,6,8H,1-2,4-5,7H2,(H2,13,14,15). The maximum absolute atomic E-state index is 11.7. The van der Waals surface area contributed by atoms with Gasteiger partial charge < -0.3 is 10.6 Å². The molecule has 3 nitrogen and oxygen atoms in total. The fourth-order valence-electron chi connectivity index (χ4n) is 1.69. The summed E-state index contributed by atoms with van der Waals surface area (Å²) in [4.78, 5) is 12.8. The van der Waals surface area contributed by atoms with E-state index < -0.39 is 0 Å². The van der Waals surface area contributed by atoms with Gasteiger partial charge in [0.05, 0.1) is 6.54 Å². The third kappa shape index (κ3) is 4.19. The van der Waals surface area contributed by atoms with E-state index in [2.05, 4.69) is 26.6 Å². The highest BCUT2D eigenvalue weighted by atomic mass is 79.9. The van der Waals surface area contributed by atoms with Gasteiger partial charge in [0.1, 0.15) is 0 Å². The highest BCUT2D eigenvalue weighted by molar-refractivity contribution is 9.10. The second kappa shape index (κ2) is 6.66. The maximum Gasteiger partial charge on any atom is 0.315 e. The lowest BCUT2D eigenvalue weighted by Gasteiger charge is -2.22. The van der Waals surface area contributed by atoms with Crippen molar-refractivity contribution in [3.05, 3.63) is 20.8 Å². The quantitative estimate of drug-likeness (QED) is 0.891. The predicted molar refractivity (Wildman–Crippen MR) is 77.7 cm³/mol. The summed E-state index contributed by atoms with van der Waals surface area (Å²) in [5.74, 6) is 2.31. The minimum absolute atomic E-state index is 0.0535. The Morgan fingerprint density at radius 3 is 2.88 bits per heavy atom. The number of hydrogen-bond donors (Lipinski definition) is 2. The third-order valence-electron chi connectivity index (χ3n) is 2.66. The number of nitrogens with one attached hydrogen (secondary N) is 2. The Bertz CT molecular complexity index is 377. The minimum Gasteiger partial charge on any atom is -0.335 e. The van der Waals surface area contributed by atoms with E-state index in [1.165, 1.54) is 0 Å². The Labute approximate surface area is 118 Å². The fraction of sp³-hybridized carbons (Fsp3) is 0.545. The normalized spacial score (nSPS) is 16.8. The number of thiophene rings is 1. The van der Waals surface area contributed by atoms with E-state index in [1.807, 2.05) is 23.2 Å². The van der Waals surface area contributed by atoms with Gasteiger partial charge in [-0.25, -0.2) is 4.79 Å². The number of carbonyl (C=O) groups excluding carboxylic acids is 1. The highest BCUT2D eigenvalue weighted by Crippen LogP contribution is 2.22. The van der Waals surface area contributed by atoms with Gasteiger partial charge in [0, 0.05) is 15.4 Å². The first-order valence-electron chi connectivity index (χ1n) is 5.59. The average molecular weight is 335 g/mol. The summed E-state index contributed by atoms with van der Waals surface area (Å²) < 4.78 is 1.07. The van der Waals surface area contributed by atoms with E-state index in [-0.39, 0.29) is 6.03 Å². The average Bonchev–Trinajstić information content (AvgIpc) is 2.74. The Balaban J connectivity index is 1.72. The number of amides is 2. The van der Waals surface area contributed by atoms with E-state index in [0.717, 1.165) is 33.7 Å². The highest BCUT2D eigenvalue weighted by Gasteiger charge is 2.15. The van der Waals surface area contributed by atoms with Gasteiger partial charge in [0.25, 0.3) is 0 Å². The van der Waals surface area contributed by atoms with Crippen LogP contribution in [0.3, 0.4) is 0 Å². The molecule has 0 aliphatic carbocycles. The summed E-state index contributed by atoms with van der Waals surface area (Å²) in [5.41, 5.74) is 0. The van der Waals surface area contributed by atoms with Crippen LogP contribution >= 0.6 is 39.0 Å². The molecular weight excluding hydrogens is 320 g/mol. The second-order valence-corrected chi connectivity index (χ2v) is 6.99. The molecule has 0 unspecified atom stereocenters. The Kier molecular flexibility index (Phi) is 5.18. The van der Waals surface area contributed by atoms with Gasteiger partial charge >= 0.3 is 6.03 Å². The van der Waals surface area contributed by atoms with Crippen molar-refractivity contribution in [2.45, 2.75) is 25.4 Å². The van der Waals surface area contributed by atoms with E-state index in [9.17, 15) is 4.79 Å². The van der Waals surface area contributed by atoms with Gasteiger partial charge in [-0.05, 0) is 51.7 Å². The van der Waals surface area contributed by atoms with E-state index >= 15 is 0 Å². The molecule has 2 N–H and O–H groups in total. The smallest absolute Gasteiger partial charge is 0.315 e.